The van der Waals surface area contributed by atoms with E-state index in [1.54, 1.807) is 0 Å². The van der Waals surface area contributed by atoms with Crippen LogP contribution in [0.4, 0.5) is 0 Å². The van der Waals surface area contributed by atoms with Gasteiger partial charge >= 0.3 is 11.9 Å². The molecular formula is C13H22O6. The number of carbonyl (C=O) groups is 2. The second-order valence-electron chi connectivity index (χ2n) is 4.69. The maximum atomic E-state index is 11.6. The molecule has 0 saturated heterocycles. The van der Waals surface area contributed by atoms with Crippen molar-refractivity contribution < 1.29 is 28.5 Å². The van der Waals surface area contributed by atoms with Crippen LogP contribution in [0.3, 0.4) is 0 Å². The summed E-state index contributed by atoms with van der Waals surface area (Å²) in [5, 5.41) is 0. The molecule has 0 aromatic carbocycles. The van der Waals surface area contributed by atoms with Gasteiger partial charge in [0.25, 0.3) is 0 Å². The van der Waals surface area contributed by atoms with E-state index in [1.807, 2.05) is 6.92 Å². The van der Waals surface area contributed by atoms with Gasteiger partial charge in [-0.3, -0.25) is 9.59 Å². The van der Waals surface area contributed by atoms with Crippen molar-refractivity contribution in [2.45, 2.75) is 39.7 Å². The number of carbonyl (C=O) groups excluding carboxylic acids is 2. The van der Waals surface area contributed by atoms with E-state index in [0.29, 0.717) is 6.61 Å². The van der Waals surface area contributed by atoms with Gasteiger partial charge in [0.1, 0.15) is 0 Å². The van der Waals surface area contributed by atoms with Gasteiger partial charge in [-0.05, 0) is 25.7 Å². The molecule has 0 aromatic heterocycles. The lowest BCUT2D eigenvalue weighted by atomic mass is 10.3. The summed E-state index contributed by atoms with van der Waals surface area (Å²) >= 11 is 0. The van der Waals surface area contributed by atoms with Gasteiger partial charge in [-0.2, -0.15) is 0 Å². The monoisotopic (exact) mass is 274 g/mol. The minimum atomic E-state index is -0.434. The van der Waals surface area contributed by atoms with E-state index in [4.69, 9.17) is 14.2 Å². The molecule has 1 saturated carbocycles. The van der Waals surface area contributed by atoms with E-state index in [1.165, 1.54) is 6.92 Å². The summed E-state index contributed by atoms with van der Waals surface area (Å²) in [5.41, 5.74) is 0. The molecule has 1 aliphatic carbocycles. The molecule has 0 heterocycles. The van der Waals surface area contributed by atoms with Crippen molar-refractivity contribution in [2.24, 2.45) is 11.8 Å². The molecule has 1 aliphatic rings. The topological polar surface area (TPSA) is 71.1 Å². The van der Waals surface area contributed by atoms with Crippen LogP contribution < -0.4 is 0 Å². The Hall–Kier alpha value is -1.14. The Labute approximate surface area is 113 Å². The van der Waals surface area contributed by atoms with Crippen LogP contribution in [0.5, 0.6) is 0 Å². The lowest BCUT2D eigenvalue weighted by Crippen LogP contribution is -2.15. The lowest BCUT2D eigenvalue weighted by molar-refractivity contribution is -0.176. The standard InChI is InChI=1S/C13H22O6/c1-4-9(2)17-6-11-5-12(11)13(15)19-8-16-7-18-10(3)14/h9,11-12H,4-8H2,1-3H3/t9?,11-,12+/m0/s1. The van der Waals surface area contributed by atoms with Crippen molar-refractivity contribution in [3.63, 3.8) is 0 Å². The summed E-state index contributed by atoms with van der Waals surface area (Å²) in [6.07, 6.45) is 2.00. The molecule has 0 spiro atoms. The second-order valence-corrected chi connectivity index (χ2v) is 4.69. The molecule has 0 aromatic rings. The summed E-state index contributed by atoms with van der Waals surface area (Å²) in [4.78, 5) is 22.0. The van der Waals surface area contributed by atoms with Crippen LogP contribution in [-0.2, 0) is 28.5 Å². The first-order chi connectivity index (χ1) is 9.04. The van der Waals surface area contributed by atoms with Crippen LogP contribution in [0.15, 0.2) is 0 Å². The molecule has 19 heavy (non-hydrogen) atoms. The molecule has 3 atom stereocenters. The number of hydrogen-bond acceptors (Lipinski definition) is 6. The fraction of sp³-hybridized carbons (Fsp3) is 0.846. The first-order valence-electron chi connectivity index (χ1n) is 6.54. The van der Waals surface area contributed by atoms with Crippen LogP contribution in [-0.4, -0.2) is 38.2 Å². The molecule has 6 nitrogen and oxygen atoms in total. The van der Waals surface area contributed by atoms with Crippen LogP contribution >= 0.6 is 0 Å². The Balaban J connectivity index is 2.01. The first-order valence-corrected chi connectivity index (χ1v) is 6.54. The number of ether oxygens (including phenoxy) is 4. The average Bonchev–Trinajstić information content (AvgIpc) is 3.14. The molecule has 6 heteroatoms. The van der Waals surface area contributed by atoms with Crippen molar-refractivity contribution in [3.8, 4) is 0 Å². The van der Waals surface area contributed by atoms with Gasteiger partial charge in [-0.15, -0.1) is 0 Å². The summed E-state index contributed by atoms with van der Waals surface area (Å²) in [5.74, 6) is -0.535. The van der Waals surface area contributed by atoms with E-state index in [0.717, 1.165) is 12.8 Å². The zero-order valence-corrected chi connectivity index (χ0v) is 11.7. The van der Waals surface area contributed by atoms with Gasteiger partial charge in [0, 0.05) is 6.92 Å². The van der Waals surface area contributed by atoms with E-state index in [-0.39, 0.29) is 37.5 Å². The minimum Gasteiger partial charge on any atom is -0.439 e. The zero-order valence-electron chi connectivity index (χ0n) is 11.7. The van der Waals surface area contributed by atoms with Gasteiger partial charge in [0.2, 0.25) is 0 Å². The predicted molar refractivity (Wildman–Crippen MR) is 66.0 cm³/mol. The molecule has 110 valence electrons. The smallest absolute Gasteiger partial charge is 0.311 e. The highest BCUT2D eigenvalue weighted by atomic mass is 16.8. The molecule has 0 aliphatic heterocycles. The van der Waals surface area contributed by atoms with Gasteiger partial charge in [-0.25, -0.2) is 0 Å². The number of esters is 2. The number of rotatable bonds is 9. The molecule has 0 bridgehead atoms. The SMILES string of the molecule is CCC(C)OC[C@@H]1C[C@H]1C(=O)OCOCOC(C)=O. The molecular weight excluding hydrogens is 252 g/mol. The van der Waals surface area contributed by atoms with Crippen LogP contribution in [0, 0.1) is 11.8 Å². The van der Waals surface area contributed by atoms with Crippen LogP contribution in [0.25, 0.3) is 0 Å². The van der Waals surface area contributed by atoms with Crippen LogP contribution in [0.1, 0.15) is 33.6 Å². The minimum absolute atomic E-state index is 0.0821. The Morgan fingerprint density at radius 1 is 1.26 bits per heavy atom. The van der Waals surface area contributed by atoms with Gasteiger partial charge in [0.05, 0.1) is 18.6 Å². The quantitative estimate of drug-likeness (QED) is 0.360. The fourth-order valence-electron chi connectivity index (χ4n) is 1.49. The Kier molecular flexibility index (Phi) is 6.80. The molecule has 0 N–H and O–H groups in total. The van der Waals surface area contributed by atoms with Crippen molar-refractivity contribution in [2.75, 3.05) is 20.2 Å². The van der Waals surface area contributed by atoms with E-state index in [2.05, 4.69) is 11.7 Å². The molecule has 0 amide bonds. The van der Waals surface area contributed by atoms with Crippen molar-refractivity contribution in [1.29, 1.82) is 0 Å². The Bertz CT molecular complexity index is 304. The third-order valence-electron chi connectivity index (χ3n) is 3.03. The largest absolute Gasteiger partial charge is 0.439 e. The zero-order chi connectivity index (χ0) is 14.3. The first kappa shape index (κ1) is 15.9. The normalized spacial score (nSPS) is 22.7. The maximum Gasteiger partial charge on any atom is 0.311 e. The van der Waals surface area contributed by atoms with Gasteiger partial charge < -0.3 is 18.9 Å². The second kappa shape index (κ2) is 8.12. The Morgan fingerprint density at radius 3 is 2.58 bits per heavy atom. The fourth-order valence-corrected chi connectivity index (χ4v) is 1.49. The summed E-state index contributed by atoms with van der Waals surface area (Å²) in [7, 11) is 0. The predicted octanol–water partition coefficient (Wildman–Crippen LogP) is 1.48. The third-order valence-corrected chi connectivity index (χ3v) is 3.03. The molecule has 1 fully saturated rings. The average molecular weight is 274 g/mol. The molecule has 1 rings (SSSR count). The van der Waals surface area contributed by atoms with E-state index in [9.17, 15) is 9.59 Å². The third kappa shape index (κ3) is 6.54. The van der Waals surface area contributed by atoms with Crippen molar-refractivity contribution >= 4 is 11.9 Å². The van der Waals surface area contributed by atoms with Crippen molar-refractivity contribution in [3.05, 3.63) is 0 Å². The van der Waals surface area contributed by atoms with Crippen LogP contribution in [0.2, 0.25) is 0 Å². The summed E-state index contributed by atoms with van der Waals surface area (Å²) < 4.78 is 19.8. The molecule has 1 unspecified atom stereocenters. The highest BCUT2D eigenvalue weighted by Gasteiger charge is 2.44. The van der Waals surface area contributed by atoms with Gasteiger partial charge in [0.15, 0.2) is 13.6 Å². The lowest BCUT2D eigenvalue weighted by Gasteiger charge is -2.10. The highest BCUT2D eigenvalue weighted by molar-refractivity contribution is 5.75. The van der Waals surface area contributed by atoms with Crippen molar-refractivity contribution in [1.82, 2.24) is 0 Å². The molecule has 0 radical (unpaired) electrons. The maximum absolute atomic E-state index is 11.6. The summed E-state index contributed by atoms with van der Waals surface area (Å²) in [6.45, 7) is 5.56. The van der Waals surface area contributed by atoms with E-state index < -0.39 is 5.97 Å². The summed E-state index contributed by atoms with van der Waals surface area (Å²) in [6, 6.07) is 0. The van der Waals surface area contributed by atoms with Gasteiger partial charge in [-0.1, -0.05) is 6.92 Å². The number of hydrogen-bond donors (Lipinski definition) is 0. The highest BCUT2D eigenvalue weighted by Crippen LogP contribution is 2.39. The van der Waals surface area contributed by atoms with E-state index >= 15 is 0 Å². The Morgan fingerprint density at radius 2 is 1.95 bits per heavy atom.